The summed E-state index contributed by atoms with van der Waals surface area (Å²) >= 11 is 0. The van der Waals surface area contributed by atoms with E-state index in [1.165, 1.54) is 6.21 Å². The number of ether oxygens (including phenoxy) is 3. The van der Waals surface area contributed by atoms with Crippen molar-refractivity contribution in [1.82, 2.24) is 0 Å². The van der Waals surface area contributed by atoms with Crippen LogP contribution in [-0.2, 0) is 4.74 Å². The van der Waals surface area contributed by atoms with Crippen LogP contribution in [0.2, 0.25) is 0 Å². The molecule has 0 aliphatic heterocycles. The Morgan fingerprint density at radius 3 is 2.02 bits per heavy atom. The zero-order chi connectivity index (χ0) is 28.8. The molecule has 0 saturated heterocycles. The van der Waals surface area contributed by atoms with Gasteiger partial charge in [0.05, 0.1) is 32.6 Å². The van der Waals surface area contributed by atoms with Crippen LogP contribution in [0.3, 0.4) is 0 Å². The van der Waals surface area contributed by atoms with Crippen LogP contribution in [0.15, 0.2) is 98.8 Å². The molecular weight excluding hydrogens is 520 g/mol. The molecule has 5 aromatic rings. The van der Waals surface area contributed by atoms with E-state index in [0.717, 1.165) is 16.7 Å². The number of carbonyl (C=O) groups is 1. The highest BCUT2D eigenvalue weighted by atomic mass is 16.5. The zero-order valence-electron chi connectivity index (χ0n) is 22.7. The molecular formula is C33H26N2O6. The lowest BCUT2D eigenvalue weighted by Gasteiger charge is -2.06. The first-order valence-corrected chi connectivity index (χ1v) is 12.8. The van der Waals surface area contributed by atoms with Crippen LogP contribution in [0.25, 0.3) is 33.8 Å². The van der Waals surface area contributed by atoms with Crippen LogP contribution in [0.5, 0.6) is 11.5 Å². The molecule has 2 heterocycles. The van der Waals surface area contributed by atoms with Crippen molar-refractivity contribution in [1.29, 1.82) is 5.26 Å². The number of rotatable bonds is 9. The predicted molar refractivity (Wildman–Crippen MR) is 155 cm³/mol. The van der Waals surface area contributed by atoms with Gasteiger partial charge in [-0.15, -0.1) is 0 Å². The third kappa shape index (κ3) is 5.75. The van der Waals surface area contributed by atoms with Crippen molar-refractivity contribution < 1.29 is 27.8 Å². The Morgan fingerprint density at radius 1 is 0.829 bits per heavy atom. The average Bonchev–Trinajstić information content (AvgIpc) is 3.65. The van der Waals surface area contributed by atoms with E-state index in [2.05, 4.69) is 11.1 Å². The van der Waals surface area contributed by atoms with Gasteiger partial charge >= 0.3 is 5.97 Å². The van der Waals surface area contributed by atoms with Crippen molar-refractivity contribution in [3.63, 3.8) is 0 Å². The molecule has 0 radical (unpaired) electrons. The van der Waals surface area contributed by atoms with E-state index in [1.54, 1.807) is 57.5 Å². The number of benzene rings is 3. The maximum Gasteiger partial charge on any atom is 0.338 e. The summed E-state index contributed by atoms with van der Waals surface area (Å²) in [4.78, 5) is 16.4. The predicted octanol–water partition coefficient (Wildman–Crippen LogP) is 7.69. The number of furan rings is 2. The number of aliphatic imine (C=N–C) groups is 1. The molecule has 0 aliphatic carbocycles. The molecule has 8 heteroatoms. The van der Waals surface area contributed by atoms with Gasteiger partial charge in [0.2, 0.25) is 5.88 Å². The first-order chi connectivity index (χ1) is 20.0. The molecule has 0 N–H and O–H groups in total. The van der Waals surface area contributed by atoms with E-state index >= 15 is 0 Å². The lowest BCUT2D eigenvalue weighted by Crippen LogP contribution is -2.03. The molecule has 0 amide bonds. The second-order valence-corrected chi connectivity index (χ2v) is 8.81. The van der Waals surface area contributed by atoms with E-state index in [0.29, 0.717) is 52.1 Å². The second-order valence-electron chi connectivity index (χ2n) is 8.81. The summed E-state index contributed by atoms with van der Waals surface area (Å²) in [6, 6.07) is 27.6. The van der Waals surface area contributed by atoms with Crippen LogP contribution < -0.4 is 9.47 Å². The topological polar surface area (TPSA) is 107 Å². The number of nitrogens with zero attached hydrogens (tertiary/aromatic N) is 2. The third-order valence-corrected chi connectivity index (χ3v) is 6.35. The monoisotopic (exact) mass is 546 g/mol. The first kappa shape index (κ1) is 27.0. The Hall–Kier alpha value is -5.55. The lowest BCUT2D eigenvalue weighted by atomic mass is 9.98. The van der Waals surface area contributed by atoms with E-state index in [9.17, 15) is 10.1 Å². The number of carbonyl (C=O) groups excluding carboxylic acids is 1. The van der Waals surface area contributed by atoms with Gasteiger partial charge in [-0.3, -0.25) is 0 Å². The average molecular weight is 547 g/mol. The quantitative estimate of drug-likeness (QED) is 0.138. The number of esters is 1. The summed E-state index contributed by atoms with van der Waals surface area (Å²) in [5.74, 6) is 2.75. The summed E-state index contributed by atoms with van der Waals surface area (Å²) in [6.45, 7) is 2.08. The number of nitriles is 1. The molecule has 8 nitrogen and oxygen atoms in total. The highest BCUT2D eigenvalue weighted by Crippen LogP contribution is 2.43. The van der Waals surface area contributed by atoms with E-state index < -0.39 is 0 Å². The minimum Gasteiger partial charge on any atom is -0.497 e. The Labute approximate surface area is 237 Å². The largest absolute Gasteiger partial charge is 0.497 e. The highest BCUT2D eigenvalue weighted by Gasteiger charge is 2.23. The molecule has 3 aromatic carbocycles. The normalized spacial score (nSPS) is 10.9. The summed E-state index contributed by atoms with van der Waals surface area (Å²) < 4.78 is 27.8. The third-order valence-electron chi connectivity index (χ3n) is 6.35. The molecule has 0 bridgehead atoms. The van der Waals surface area contributed by atoms with Gasteiger partial charge in [-0.05, 0) is 73.2 Å². The standard InChI is InChI=1S/C33H26N2O6/c1-4-39-33(36)24-7-5-21(6-8-24)29-18-17-27(40-29)20-35-32-28(19-34)30(22-9-13-25(37-2)14-10-22)31(41-32)23-11-15-26(38-3)16-12-23/h5-18,20H,4H2,1-3H3. The van der Waals surface area contributed by atoms with Gasteiger partial charge < -0.3 is 23.0 Å². The van der Waals surface area contributed by atoms with Crippen LogP contribution in [0.4, 0.5) is 5.88 Å². The van der Waals surface area contributed by atoms with E-state index in [1.807, 2.05) is 48.5 Å². The van der Waals surface area contributed by atoms with Crippen molar-refractivity contribution in [2.45, 2.75) is 6.92 Å². The fraction of sp³-hybridized carbons (Fsp3) is 0.121. The summed E-state index contributed by atoms with van der Waals surface area (Å²) in [5.41, 5.74) is 3.71. The van der Waals surface area contributed by atoms with Crippen molar-refractivity contribution in [2.75, 3.05) is 20.8 Å². The highest BCUT2D eigenvalue weighted by molar-refractivity contribution is 5.91. The molecule has 5 rings (SSSR count). The zero-order valence-corrected chi connectivity index (χ0v) is 22.7. The second kappa shape index (κ2) is 12.1. The molecule has 41 heavy (non-hydrogen) atoms. The molecule has 0 saturated carbocycles. The Morgan fingerprint density at radius 2 is 1.44 bits per heavy atom. The minimum absolute atomic E-state index is 0.154. The maximum absolute atomic E-state index is 11.9. The Kier molecular flexibility index (Phi) is 7.98. The molecule has 0 fully saturated rings. The van der Waals surface area contributed by atoms with Gasteiger partial charge in [-0.2, -0.15) is 5.26 Å². The van der Waals surface area contributed by atoms with Gasteiger partial charge in [-0.25, -0.2) is 9.79 Å². The first-order valence-electron chi connectivity index (χ1n) is 12.8. The Balaban J connectivity index is 1.49. The van der Waals surface area contributed by atoms with Crippen molar-refractivity contribution in [3.8, 4) is 51.3 Å². The molecule has 0 aliphatic rings. The molecule has 204 valence electrons. The fourth-order valence-electron chi connectivity index (χ4n) is 4.28. The van der Waals surface area contributed by atoms with E-state index in [4.69, 9.17) is 23.0 Å². The van der Waals surface area contributed by atoms with Crippen molar-refractivity contribution in [3.05, 3.63) is 102 Å². The van der Waals surface area contributed by atoms with Crippen molar-refractivity contribution >= 4 is 18.1 Å². The minimum atomic E-state index is -0.374. The lowest BCUT2D eigenvalue weighted by molar-refractivity contribution is 0.0526. The van der Waals surface area contributed by atoms with Gasteiger partial charge in [0, 0.05) is 16.7 Å². The summed E-state index contributed by atoms with van der Waals surface area (Å²) in [7, 11) is 3.20. The fourth-order valence-corrected chi connectivity index (χ4v) is 4.28. The van der Waals surface area contributed by atoms with Gasteiger partial charge in [0.1, 0.15) is 40.4 Å². The molecule has 0 atom stereocenters. The smallest absolute Gasteiger partial charge is 0.338 e. The van der Waals surface area contributed by atoms with Gasteiger partial charge in [0.15, 0.2) is 0 Å². The Bertz CT molecular complexity index is 1720. The molecule has 2 aromatic heterocycles. The van der Waals surface area contributed by atoms with Crippen LogP contribution in [-0.4, -0.2) is 33.0 Å². The SMILES string of the molecule is CCOC(=O)c1ccc(-c2ccc(C=Nc3oc(-c4ccc(OC)cc4)c(-c4ccc(OC)cc4)c3C#N)o2)cc1. The number of hydrogen-bond acceptors (Lipinski definition) is 8. The van der Waals surface area contributed by atoms with Crippen LogP contribution in [0, 0.1) is 11.3 Å². The van der Waals surface area contributed by atoms with Crippen LogP contribution >= 0.6 is 0 Å². The maximum atomic E-state index is 11.9. The van der Waals surface area contributed by atoms with E-state index in [-0.39, 0.29) is 11.9 Å². The van der Waals surface area contributed by atoms with Crippen LogP contribution in [0.1, 0.15) is 28.6 Å². The summed E-state index contributed by atoms with van der Waals surface area (Å²) in [5, 5.41) is 10.2. The molecule has 0 unspecified atom stereocenters. The van der Waals surface area contributed by atoms with Crippen molar-refractivity contribution in [2.24, 2.45) is 4.99 Å². The molecule has 0 spiro atoms. The number of hydrogen-bond donors (Lipinski definition) is 0. The number of methoxy groups -OCH3 is 2. The van der Waals surface area contributed by atoms with Gasteiger partial charge in [0.25, 0.3) is 0 Å². The van der Waals surface area contributed by atoms with Gasteiger partial charge in [-0.1, -0.05) is 24.3 Å². The summed E-state index contributed by atoms with van der Waals surface area (Å²) in [6.07, 6.45) is 1.51.